The molecule has 1 aromatic heterocycles. The molecule has 0 saturated carbocycles. The maximum atomic E-state index is 9.20. The van der Waals surface area contributed by atoms with E-state index in [9.17, 15) is 5.26 Å². The van der Waals surface area contributed by atoms with E-state index in [0.29, 0.717) is 38.1 Å². The zero-order valence-corrected chi connectivity index (χ0v) is 13.3. The molecule has 0 amide bonds. The SMILES string of the molecule is COC=Nc1cc(N)ccc1N=Nc1sc(C#N)c(C)c1C#N. The number of rotatable bonds is 4. The van der Waals surface area contributed by atoms with Gasteiger partial charge in [-0.1, -0.05) is 0 Å². The van der Waals surface area contributed by atoms with Gasteiger partial charge in [0.05, 0.1) is 18.4 Å². The Hall–Kier alpha value is -3.23. The Morgan fingerprint density at radius 1 is 1.22 bits per heavy atom. The van der Waals surface area contributed by atoms with Crippen molar-refractivity contribution in [1.29, 1.82) is 10.5 Å². The Labute approximate surface area is 137 Å². The van der Waals surface area contributed by atoms with Gasteiger partial charge in [0.2, 0.25) is 0 Å². The standard InChI is InChI=1S/C15H12N6OS/c1-9-11(6-16)15(23-14(9)7-17)21-20-12-4-3-10(18)5-13(12)19-8-22-2/h3-5,8H,18H2,1-2H3. The largest absolute Gasteiger partial charge is 0.486 e. The highest BCUT2D eigenvalue weighted by Gasteiger charge is 2.14. The normalized spacial score (nSPS) is 10.8. The van der Waals surface area contributed by atoms with Crippen molar-refractivity contribution in [2.24, 2.45) is 15.2 Å². The predicted molar refractivity (Wildman–Crippen MR) is 88.7 cm³/mol. The molecule has 1 aromatic carbocycles. The summed E-state index contributed by atoms with van der Waals surface area (Å²) >= 11 is 1.12. The van der Waals surface area contributed by atoms with Crippen LogP contribution in [0.25, 0.3) is 0 Å². The third-order valence-electron chi connectivity index (χ3n) is 2.89. The van der Waals surface area contributed by atoms with Crippen LogP contribution >= 0.6 is 11.3 Å². The summed E-state index contributed by atoms with van der Waals surface area (Å²) in [6.07, 6.45) is 1.26. The highest BCUT2D eigenvalue weighted by atomic mass is 32.1. The first-order valence-corrected chi connectivity index (χ1v) is 7.22. The Morgan fingerprint density at radius 2 is 2.00 bits per heavy atom. The first kappa shape index (κ1) is 16.1. The number of hydrogen-bond donors (Lipinski definition) is 1. The number of aliphatic imine (C=N–C) groups is 1. The Morgan fingerprint density at radius 3 is 2.65 bits per heavy atom. The third-order valence-corrected chi connectivity index (χ3v) is 3.97. The summed E-state index contributed by atoms with van der Waals surface area (Å²) in [6.45, 7) is 1.71. The van der Waals surface area contributed by atoms with Crippen LogP contribution in [-0.2, 0) is 4.74 Å². The van der Waals surface area contributed by atoms with Crippen LogP contribution in [0.15, 0.2) is 33.4 Å². The second-order valence-electron chi connectivity index (χ2n) is 4.38. The molecule has 0 fully saturated rings. The molecule has 8 heteroatoms. The third kappa shape index (κ3) is 3.51. The van der Waals surface area contributed by atoms with Gasteiger partial charge in [0.1, 0.15) is 22.7 Å². The van der Waals surface area contributed by atoms with Crippen LogP contribution in [0, 0.1) is 29.6 Å². The predicted octanol–water partition coefficient (Wildman–Crippen LogP) is 4.10. The number of nitrogens with two attached hydrogens (primary N) is 1. The van der Waals surface area contributed by atoms with Gasteiger partial charge in [-0.15, -0.1) is 21.6 Å². The molecular weight excluding hydrogens is 312 g/mol. The molecule has 0 aliphatic rings. The second kappa shape index (κ2) is 7.16. The number of methoxy groups -OCH3 is 1. The number of nitrogen functional groups attached to an aromatic ring is 1. The van der Waals surface area contributed by atoms with E-state index in [1.807, 2.05) is 12.1 Å². The lowest BCUT2D eigenvalue weighted by molar-refractivity contribution is 0.423. The first-order valence-electron chi connectivity index (χ1n) is 6.41. The second-order valence-corrected chi connectivity index (χ2v) is 5.38. The molecular formula is C15H12N6OS. The summed E-state index contributed by atoms with van der Waals surface area (Å²) in [6, 6.07) is 9.07. The number of thiophene rings is 1. The van der Waals surface area contributed by atoms with Crippen molar-refractivity contribution in [2.75, 3.05) is 12.8 Å². The number of nitrogens with zero attached hydrogens (tertiary/aromatic N) is 5. The van der Waals surface area contributed by atoms with Crippen molar-refractivity contribution >= 4 is 39.8 Å². The summed E-state index contributed by atoms with van der Waals surface area (Å²) in [7, 11) is 1.48. The molecule has 0 aliphatic carbocycles. The Kier molecular flexibility index (Phi) is 5.03. The van der Waals surface area contributed by atoms with Gasteiger partial charge < -0.3 is 10.5 Å². The smallest absolute Gasteiger partial charge is 0.174 e. The van der Waals surface area contributed by atoms with Gasteiger partial charge in [-0.05, 0) is 30.7 Å². The van der Waals surface area contributed by atoms with Crippen LogP contribution in [0.2, 0.25) is 0 Å². The van der Waals surface area contributed by atoms with E-state index in [1.165, 1.54) is 13.5 Å². The van der Waals surface area contributed by atoms with Crippen molar-refractivity contribution in [3.05, 3.63) is 34.2 Å². The molecule has 1 heterocycles. The molecule has 23 heavy (non-hydrogen) atoms. The number of hydrogen-bond acceptors (Lipinski definition) is 8. The molecule has 0 unspecified atom stereocenters. The van der Waals surface area contributed by atoms with Gasteiger partial charge in [-0.3, -0.25) is 0 Å². The first-order chi connectivity index (χ1) is 11.1. The van der Waals surface area contributed by atoms with Crippen molar-refractivity contribution < 1.29 is 4.74 Å². The molecule has 0 aliphatic heterocycles. The minimum Gasteiger partial charge on any atom is -0.486 e. The van der Waals surface area contributed by atoms with E-state index < -0.39 is 0 Å². The number of anilines is 1. The summed E-state index contributed by atoms with van der Waals surface area (Å²) in [4.78, 5) is 4.53. The summed E-state index contributed by atoms with van der Waals surface area (Å²) in [5, 5.41) is 26.8. The lowest BCUT2D eigenvalue weighted by atomic mass is 10.2. The molecule has 2 N–H and O–H groups in total. The molecule has 2 rings (SSSR count). The van der Waals surface area contributed by atoms with Crippen molar-refractivity contribution in [3.8, 4) is 12.1 Å². The van der Waals surface area contributed by atoms with Crippen LogP contribution in [-0.4, -0.2) is 13.5 Å². The quantitative estimate of drug-likeness (QED) is 0.394. The Balaban J connectivity index is 2.44. The minimum absolute atomic E-state index is 0.354. The molecule has 0 atom stereocenters. The van der Waals surface area contributed by atoms with E-state index in [0.717, 1.165) is 11.3 Å². The fourth-order valence-electron chi connectivity index (χ4n) is 1.74. The van der Waals surface area contributed by atoms with Crippen LogP contribution in [0.5, 0.6) is 0 Å². The molecule has 0 radical (unpaired) electrons. The highest BCUT2D eigenvalue weighted by molar-refractivity contribution is 7.16. The van der Waals surface area contributed by atoms with Crippen molar-refractivity contribution in [1.82, 2.24) is 0 Å². The Bertz CT molecular complexity index is 869. The van der Waals surface area contributed by atoms with Gasteiger partial charge in [0.25, 0.3) is 0 Å². The van der Waals surface area contributed by atoms with Gasteiger partial charge in [0, 0.05) is 5.69 Å². The molecule has 7 nitrogen and oxygen atoms in total. The van der Waals surface area contributed by atoms with Crippen molar-refractivity contribution in [3.63, 3.8) is 0 Å². The average molecular weight is 324 g/mol. The van der Waals surface area contributed by atoms with Gasteiger partial charge in [-0.2, -0.15) is 10.5 Å². The van der Waals surface area contributed by atoms with Crippen LogP contribution in [0.4, 0.5) is 22.1 Å². The minimum atomic E-state index is 0.354. The molecule has 2 aromatic rings. The molecule has 0 spiro atoms. The summed E-state index contributed by atoms with van der Waals surface area (Å²) in [5.74, 6) is 0. The highest BCUT2D eigenvalue weighted by Crippen LogP contribution is 2.37. The van der Waals surface area contributed by atoms with Crippen LogP contribution in [0.3, 0.4) is 0 Å². The zero-order chi connectivity index (χ0) is 16.8. The van der Waals surface area contributed by atoms with Gasteiger partial charge in [0.15, 0.2) is 11.4 Å². The topological polar surface area (TPSA) is 120 Å². The van der Waals surface area contributed by atoms with Crippen molar-refractivity contribution in [2.45, 2.75) is 6.92 Å². The molecule has 114 valence electrons. The van der Waals surface area contributed by atoms with Crippen LogP contribution in [0.1, 0.15) is 16.0 Å². The van der Waals surface area contributed by atoms with Crippen LogP contribution < -0.4 is 5.73 Å². The van der Waals surface area contributed by atoms with E-state index >= 15 is 0 Å². The number of benzene rings is 1. The lowest BCUT2D eigenvalue weighted by Crippen LogP contribution is -1.83. The number of nitriles is 2. The fraction of sp³-hybridized carbons (Fsp3) is 0.133. The molecule has 0 bridgehead atoms. The summed E-state index contributed by atoms with van der Waals surface area (Å²) < 4.78 is 4.79. The zero-order valence-electron chi connectivity index (χ0n) is 12.4. The van der Waals surface area contributed by atoms with E-state index in [1.54, 1.807) is 25.1 Å². The van der Waals surface area contributed by atoms with E-state index in [4.69, 9.17) is 15.7 Å². The maximum Gasteiger partial charge on any atom is 0.174 e. The number of ether oxygens (including phenoxy) is 1. The summed E-state index contributed by atoms with van der Waals surface area (Å²) in [5.41, 5.74) is 8.19. The molecule has 0 saturated heterocycles. The lowest BCUT2D eigenvalue weighted by Gasteiger charge is -2.00. The van der Waals surface area contributed by atoms with E-state index in [-0.39, 0.29) is 0 Å². The van der Waals surface area contributed by atoms with Gasteiger partial charge >= 0.3 is 0 Å². The average Bonchev–Trinajstić information content (AvgIpc) is 2.87. The van der Waals surface area contributed by atoms with Gasteiger partial charge in [-0.25, -0.2) is 4.99 Å². The number of azo groups is 1. The van der Waals surface area contributed by atoms with E-state index in [2.05, 4.69) is 15.2 Å². The fourth-order valence-corrected chi connectivity index (χ4v) is 2.62. The monoisotopic (exact) mass is 324 g/mol. The maximum absolute atomic E-state index is 9.20.